The summed E-state index contributed by atoms with van der Waals surface area (Å²) in [5, 5.41) is 11.6. The van der Waals surface area contributed by atoms with Gasteiger partial charge in [-0.1, -0.05) is 19.1 Å². The number of benzene rings is 1. The highest BCUT2D eigenvalue weighted by atomic mass is 16.5. The third kappa shape index (κ3) is 3.10. The van der Waals surface area contributed by atoms with E-state index < -0.39 is 5.97 Å². The molecule has 1 aromatic carbocycles. The number of hydrogen-bond acceptors (Lipinski definition) is 7. The fraction of sp³-hybridized carbons (Fsp3) is 0.267. The van der Waals surface area contributed by atoms with Gasteiger partial charge in [0.15, 0.2) is 17.9 Å². The Morgan fingerprint density at radius 3 is 3.00 bits per heavy atom. The number of tetrazole rings is 1. The van der Waals surface area contributed by atoms with Gasteiger partial charge in [-0.3, -0.25) is 4.79 Å². The first-order valence-electron chi connectivity index (χ1n) is 7.14. The Bertz CT molecular complexity index is 900. The maximum Gasteiger partial charge on any atom is 0.374 e. The van der Waals surface area contributed by atoms with Crippen LogP contribution in [0.5, 0.6) is 0 Å². The normalized spacial score (nSPS) is 10.8. The van der Waals surface area contributed by atoms with Crippen LogP contribution >= 0.6 is 0 Å². The molecule has 0 aliphatic carbocycles. The van der Waals surface area contributed by atoms with Gasteiger partial charge in [0.1, 0.15) is 5.58 Å². The van der Waals surface area contributed by atoms with E-state index in [1.54, 1.807) is 28.9 Å². The summed E-state index contributed by atoms with van der Waals surface area (Å²) in [4.78, 5) is 24.0. The maximum absolute atomic E-state index is 12.1. The van der Waals surface area contributed by atoms with Crippen molar-refractivity contribution in [3.05, 3.63) is 52.1 Å². The number of hydrogen-bond donors (Lipinski definition) is 0. The van der Waals surface area contributed by atoms with Crippen molar-refractivity contribution in [2.45, 2.75) is 26.5 Å². The van der Waals surface area contributed by atoms with Crippen molar-refractivity contribution in [2.75, 3.05) is 0 Å². The first-order chi connectivity index (χ1) is 11.2. The minimum absolute atomic E-state index is 0.0949. The zero-order valence-electron chi connectivity index (χ0n) is 12.4. The Balaban J connectivity index is 1.78. The molecule has 3 aromatic rings. The fourth-order valence-corrected chi connectivity index (χ4v) is 2.12. The second-order valence-electron chi connectivity index (χ2n) is 4.87. The quantitative estimate of drug-likeness (QED) is 0.658. The number of fused-ring (bicyclic) bond motifs is 1. The van der Waals surface area contributed by atoms with Crippen LogP contribution in [-0.2, 0) is 17.9 Å². The van der Waals surface area contributed by atoms with Crippen LogP contribution in [0, 0.1) is 0 Å². The van der Waals surface area contributed by atoms with E-state index in [4.69, 9.17) is 9.15 Å². The summed E-state index contributed by atoms with van der Waals surface area (Å²) in [6.07, 6.45) is 0.853. The van der Waals surface area contributed by atoms with Gasteiger partial charge in [0, 0.05) is 12.6 Å². The van der Waals surface area contributed by atoms with Gasteiger partial charge in [0.25, 0.3) is 0 Å². The molecule has 118 valence electrons. The number of aryl methyl sites for hydroxylation is 1. The monoisotopic (exact) mass is 314 g/mol. The third-order valence-electron chi connectivity index (χ3n) is 3.21. The Hall–Kier alpha value is -3.03. The van der Waals surface area contributed by atoms with Crippen LogP contribution in [-0.4, -0.2) is 26.2 Å². The molecule has 0 bridgehead atoms. The molecule has 0 radical (unpaired) electrons. The van der Waals surface area contributed by atoms with E-state index in [0.29, 0.717) is 23.3 Å². The van der Waals surface area contributed by atoms with Gasteiger partial charge in [-0.05, 0) is 29.0 Å². The van der Waals surface area contributed by atoms with Crippen LogP contribution in [0.3, 0.4) is 0 Å². The summed E-state index contributed by atoms with van der Waals surface area (Å²) >= 11 is 0. The molecule has 0 spiro atoms. The molecule has 0 amide bonds. The number of para-hydroxylation sites is 1. The molecule has 8 nitrogen and oxygen atoms in total. The Morgan fingerprint density at radius 2 is 2.17 bits per heavy atom. The molecular formula is C15H14N4O4. The van der Waals surface area contributed by atoms with E-state index in [-0.39, 0.29) is 17.8 Å². The lowest BCUT2D eigenvalue weighted by Crippen LogP contribution is -2.13. The molecule has 0 aliphatic heterocycles. The Kier molecular flexibility index (Phi) is 4.13. The highest BCUT2D eigenvalue weighted by molar-refractivity contribution is 5.88. The van der Waals surface area contributed by atoms with E-state index in [9.17, 15) is 9.59 Å². The third-order valence-corrected chi connectivity index (χ3v) is 3.21. The lowest BCUT2D eigenvalue weighted by molar-refractivity contribution is 0.0420. The molecule has 2 aromatic heterocycles. The number of esters is 1. The van der Waals surface area contributed by atoms with Gasteiger partial charge in [-0.25, -0.2) is 9.48 Å². The number of carbonyl (C=O) groups excluding carboxylic acids is 1. The van der Waals surface area contributed by atoms with Crippen LogP contribution < -0.4 is 5.43 Å². The molecule has 2 heterocycles. The molecule has 0 unspecified atom stereocenters. The largest absolute Gasteiger partial charge is 0.452 e. The van der Waals surface area contributed by atoms with Gasteiger partial charge in [-0.2, -0.15) is 0 Å². The second-order valence-corrected chi connectivity index (χ2v) is 4.87. The smallest absolute Gasteiger partial charge is 0.374 e. The Labute approximate surface area is 130 Å². The highest BCUT2D eigenvalue weighted by Gasteiger charge is 2.15. The first kappa shape index (κ1) is 14.9. The topological polar surface area (TPSA) is 100 Å². The van der Waals surface area contributed by atoms with Crippen molar-refractivity contribution in [3.8, 4) is 0 Å². The van der Waals surface area contributed by atoms with E-state index >= 15 is 0 Å². The average Bonchev–Trinajstić information content (AvgIpc) is 3.00. The summed E-state index contributed by atoms with van der Waals surface area (Å²) in [6.45, 7) is 2.52. The molecular weight excluding hydrogens is 300 g/mol. The van der Waals surface area contributed by atoms with Crippen LogP contribution in [0.2, 0.25) is 0 Å². The molecule has 0 fully saturated rings. The van der Waals surface area contributed by atoms with Crippen molar-refractivity contribution >= 4 is 16.9 Å². The molecule has 0 N–H and O–H groups in total. The zero-order chi connectivity index (χ0) is 16.2. The van der Waals surface area contributed by atoms with Crippen LogP contribution in [0.15, 0.2) is 39.5 Å². The number of nitrogens with zero attached hydrogens (tertiary/aromatic N) is 4. The average molecular weight is 314 g/mol. The number of aromatic nitrogens is 4. The van der Waals surface area contributed by atoms with Gasteiger partial charge < -0.3 is 9.15 Å². The van der Waals surface area contributed by atoms with Crippen LogP contribution in [0.1, 0.15) is 29.7 Å². The molecule has 0 atom stereocenters. The van der Waals surface area contributed by atoms with E-state index in [2.05, 4.69) is 15.5 Å². The predicted octanol–water partition coefficient (Wildman–Crippen LogP) is 1.55. The SMILES string of the molecule is CCCn1nnnc1COC(=O)c1cc(=O)c2ccccc2o1. The van der Waals surface area contributed by atoms with Crippen molar-refractivity contribution in [2.24, 2.45) is 0 Å². The fourth-order valence-electron chi connectivity index (χ4n) is 2.12. The van der Waals surface area contributed by atoms with Crippen molar-refractivity contribution in [3.63, 3.8) is 0 Å². The predicted molar refractivity (Wildman–Crippen MR) is 79.7 cm³/mol. The summed E-state index contributed by atoms with van der Waals surface area (Å²) in [5.74, 6) is -0.453. The highest BCUT2D eigenvalue weighted by Crippen LogP contribution is 2.13. The van der Waals surface area contributed by atoms with Crippen molar-refractivity contribution in [1.82, 2.24) is 20.2 Å². The molecule has 23 heavy (non-hydrogen) atoms. The van der Waals surface area contributed by atoms with E-state index in [1.165, 1.54) is 0 Å². The molecule has 8 heteroatoms. The minimum atomic E-state index is -0.737. The lowest BCUT2D eigenvalue weighted by atomic mass is 10.2. The van der Waals surface area contributed by atoms with E-state index in [1.807, 2.05) is 6.92 Å². The van der Waals surface area contributed by atoms with Gasteiger partial charge in [-0.15, -0.1) is 5.10 Å². The molecule has 0 saturated carbocycles. The number of rotatable bonds is 5. The van der Waals surface area contributed by atoms with Gasteiger partial charge in [0.05, 0.1) is 5.39 Å². The summed E-state index contributed by atoms with van der Waals surface area (Å²) in [6, 6.07) is 7.83. The zero-order valence-corrected chi connectivity index (χ0v) is 12.4. The summed E-state index contributed by atoms with van der Waals surface area (Å²) in [7, 11) is 0. The van der Waals surface area contributed by atoms with Crippen molar-refractivity contribution < 1.29 is 13.9 Å². The van der Waals surface area contributed by atoms with Crippen LogP contribution in [0.4, 0.5) is 0 Å². The minimum Gasteiger partial charge on any atom is -0.452 e. The standard InChI is InChI=1S/C15H14N4O4/c1-2-7-19-14(16-17-18-19)9-22-15(21)13-8-11(20)10-5-3-4-6-12(10)23-13/h3-6,8H,2,7,9H2,1H3. The van der Waals surface area contributed by atoms with Crippen LogP contribution in [0.25, 0.3) is 11.0 Å². The first-order valence-corrected chi connectivity index (χ1v) is 7.14. The van der Waals surface area contributed by atoms with Gasteiger partial charge >= 0.3 is 5.97 Å². The summed E-state index contributed by atoms with van der Waals surface area (Å²) < 4.78 is 12.1. The lowest BCUT2D eigenvalue weighted by Gasteiger charge is -2.05. The molecule has 0 saturated heterocycles. The second kappa shape index (κ2) is 6.39. The molecule has 3 rings (SSSR count). The Morgan fingerprint density at radius 1 is 1.35 bits per heavy atom. The molecule has 0 aliphatic rings. The summed E-state index contributed by atoms with van der Waals surface area (Å²) in [5.41, 5.74) is 0.0392. The van der Waals surface area contributed by atoms with E-state index in [0.717, 1.165) is 12.5 Å². The number of ether oxygens (including phenoxy) is 1. The number of carbonyl (C=O) groups is 1. The van der Waals surface area contributed by atoms with Gasteiger partial charge in [0.2, 0.25) is 5.76 Å². The maximum atomic E-state index is 12.1. The van der Waals surface area contributed by atoms with Crippen molar-refractivity contribution in [1.29, 1.82) is 0 Å².